The van der Waals surface area contributed by atoms with Crippen LogP contribution in [0.15, 0.2) is 53.3 Å². The van der Waals surface area contributed by atoms with E-state index in [2.05, 4.69) is 10.3 Å². The second kappa shape index (κ2) is 9.79. The second-order valence-electron chi connectivity index (χ2n) is 8.40. The number of rotatable bonds is 8. The van der Waals surface area contributed by atoms with E-state index in [9.17, 15) is 9.59 Å². The van der Waals surface area contributed by atoms with Gasteiger partial charge in [-0.1, -0.05) is 38.1 Å². The largest absolute Gasteiger partial charge is 0.497 e. The lowest BCUT2D eigenvalue weighted by atomic mass is 9.88. The van der Waals surface area contributed by atoms with Gasteiger partial charge in [-0.15, -0.1) is 0 Å². The fourth-order valence-corrected chi connectivity index (χ4v) is 3.73. The number of carbonyl (C=O) groups is 1. The minimum absolute atomic E-state index is 0.00181. The molecule has 2 aromatic carbocycles. The molecule has 0 saturated carbocycles. The number of amides is 1. The van der Waals surface area contributed by atoms with E-state index in [0.717, 1.165) is 34.3 Å². The Morgan fingerprint density at radius 1 is 1.06 bits per heavy atom. The molecule has 0 spiro atoms. The van der Waals surface area contributed by atoms with Crippen molar-refractivity contribution in [2.24, 2.45) is 5.92 Å². The smallest absolute Gasteiger partial charge is 0.252 e. The van der Waals surface area contributed by atoms with Crippen molar-refractivity contribution in [2.45, 2.75) is 19.8 Å². The summed E-state index contributed by atoms with van der Waals surface area (Å²) in [6, 6.07) is 15.6. The molecule has 1 unspecified atom stereocenters. The number of carbonyl (C=O) groups excluding carboxylic acids is 1. The maximum Gasteiger partial charge on any atom is 0.252 e. The summed E-state index contributed by atoms with van der Waals surface area (Å²) in [6.45, 7) is 5.22. The summed E-state index contributed by atoms with van der Waals surface area (Å²) in [6.07, 6.45) is 0. The van der Waals surface area contributed by atoms with E-state index in [4.69, 9.17) is 4.74 Å². The van der Waals surface area contributed by atoms with E-state index in [1.54, 1.807) is 13.2 Å². The second-order valence-corrected chi connectivity index (χ2v) is 8.40. The Morgan fingerprint density at radius 2 is 1.77 bits per heavy atom. The van der Waals surface area contributed by atoms with Crippen molar-refractivity contribution in [3.63, 3.8) is 0 Å². The molecular weight excluding hydrogens is 390 g/mol. The third-order valence-electron chi connectivity index (χ3n) is 5.44. The number of H-pyrrole nitrogens is 1. The summed E-state index contributed by atoms with van der Waals surface area (Å²) >= 11 is 0. The van der Waals surface area contributed by atoms with Crippen molar-refractivity contribution in [1.82, 2.24) is 15.2 Å². The molecule has 6 nitrogen and oxygen atoms in total. The number of nitrogens with zero attached hydrogens (tertiary/aromatic N) is 1. The topological polar surface area (TPSA) is 74.4 Å². The Morgan fingerprint density at radius 3 is 2.42 bits per heavy atom. The molecule has 0 saturated heterocycles. The van der Waals surface area contributed by atoms with Gasteiger partial charge in [-0.2, -0.15) is 0 Å². The van der Waals surface area contributed by atoms with Gasteiger partial charge in [0.25, 0.3) is 5.56 Å². The Bertz CT molecular complexity index is 1120. The highest BCUT2D eigenvalue weighted by molar-refractivity contribution is 5.88. The van der Waals surface area contributed by atoms with Gasteiger partial charge in [-0.05, 0) is 60.6 Å². The average molecular weight is 422 g/mol. The van der Waals surface area contributed by atoms with E-state index in [-0.39, 0.29) is 17.4 Å². The van der Waals surface area contributed by atoms with Gasteiger partial charge in [-0.3, -0.25) is 9.59 Å². The standard InChI is InChI=1S/C25H31N3O3/c1-16(2)23(25(30)26-12-13-28(3)4)21-10-11-22(27-24(21)29)19-7-6-18-15-20(31-5)9-8-17(18)14-19/h6-11,14-16,23H,12-13H2,1-5H3,(H,26,30)(H,27,29). The molecule has 6 heteroatoms. The molecule has 164 valence electrons. The molecule has 1 heterocycles. The van der Waals surface area contributed by atoms with Crippen molar-refractivity contribution in [1.29, 1.82) is 0 Å². The first-order valence-corrected chi connectivity index (χ1v) is 10.5. The van der Waals surface area contributed by atoms with Crippen LogP contribution in [-0.2, 0) is 4.79 Å². The van der Waals surface area contributed by atoms with E-state index in [1.807, 2.05) is 75.3 Å². The number of hydrogen-bond acceptors (Lipinski definition) is 4. The molecule has 0 bridgehead atoms. The van der Waals surface area contributed by atoms with Gasteiger partial charge in [0.2, 0.25) is 5.91 Å². The monoisotopic (exact) mass is 421 g/mol. The molecule has 1 atom stereocenters. The van der Waals surface area contributed by atoms with Crippen LogP contribution in [0.5, 0.6) is 5.75 Å². The zero-order valence-corrected chi connectivity index (χ0v) is 18.9. The number of aromatic amines is 1. The van der Waals surface area contributed by atoms with Gasteiger partial charge in [0.05, 0.1) is 13.0 Å². The summed E-state index contributed by atoms with van der Waals surface area (Å²) in [4.78, 5) is 30.7. The highest BCUT2D eigenvalue weighted by atomic mass is 16.5. The first kappa shape index (κ1) is 22.6. The molecule has 1 aromatic heterocycles. The summed E-state index contributed by atoms with van der Waals surface area (Å²) in [5.41, 5.74) is 1.90. The van der Waals surface area contributed by atoms with E-state index >= 15 is 0 Å². The van der Waals surface area contributed by atoms with Gasteiger partial charge in [0.15, 0.2) is 0 Å². The summed E-state index contributed by atoms with van der Waals surface area (Å²) in [7, 11) is 5.56. The highest BCUT2D eigenvalue weighted by Crippen LogP contribution is 2.27. The molecule has 3 aromatic rings. The Hall–Kier alpha value is -3.12. The van der Waals surface area contributed by atoms with Crippen LogP contribution in [0.25, 0.3) is 22.0 Å². The average Bonchev–Trinajstić information content (AvgIpc) is 2.73. The van der Waals surface area contributed by atoms with E-state index < -0.39 is 5.92 Å². The predicted molar refractivity (Wildman–Crippen MR) is 126 cm³/mol. The lowest BCUT2D eigenvalue weighted by Crippen LogP contribution is -2.38. The van der Waals surface area contributed by atoms with Crippen LogP contribution < -0.4 is 15.6 Å². The van der Waals surface area contributed by atoms with E-state index in [1.165, 1.54) is 0 Å². The molecule has 0 aliphatic carbocycles. The number of hydrogen-bond donors (Lipinski definition) is 2. The molecule has 3 rings (SSSR count). The number of nitrogens with one attached hydrogen (secondary N) is 2. The summed E-state index contributed by atoms with van der Waals surface area (Å²) < 4.78 is 5.28. The number of benzene rings is 2. The first-order chi connectivity index (χ1) is 14.8. The maximum atomic E-state index is 12.9. The van der Waals surface area contributed by atoms with Gasteiger partial charge in [0.1, 0.15) is 5.75 Å². The molecule has 0 aliphatic heterocycles. The van der Waals surface area contributed by atoms with Crippen LogP contribution >= 0.6 is 0 Å². The molecule has 0 radical (unpaired) electrons. The lowest BCUT2D eigenvalue weighted by molar-refractivity contribution is -0.123. The minimum Gasteiger partial charge on any atom is -0.497 e. The van der Waals surface area contributed by atoms with Crippen LogP contribution in [-0.4, -0.2) is 50.1 Å². The fourth-order valence-electron chi connectivity index (χ4n) is 3.73. The minimum atomic E-state index is -0.496. The fraction of sp³-hybridized carbons (Fsp3) is 0.360. The van der Waals surface area contributed by atoms with Crippen molar-refractivity contribution in [3.8, 4) is 17.0 Å². The van der Waals surface area contributed by atoms with Crippen molar-refractivity contribution in [2.75, 3.05) is 34.3 Å². The van der Waals surface area contributed by atoms with Crippen LogP contribution in [0.1, 0.15) is 25.3 Å². The molecule has 2 N–H and O–H groups in total. The van der Waals surface area contributed by atoms with Gasteiger partial charge >= 0.3 is 0 Å². The number of methoxy groups -OCH3 is 1. The van der Waals surface area contributed by atoms with Gasteiger partial charge in [-0.25, -0.2) is 0 Å². The van der Waals surface area contributed by atoms with E-state index in [0.29, 0.717) is 12.1 Å². The molecule has 0 aliphatic rings. The molecule has 1 amide bonds. The van der Waals surface area contributed by atoms with Crippen LogP contribution in [0.2, 0.25) is 0 Å². The number of ether oxygens (including phenoxy) is 1. The van der Waals surface area contributed by atoms with Crippen molar-refractivity contribution >= 4 is 16.7 Å². The number of aromatic nitrogens is 1. The number of fused-ring (bicyclic) bond motifs is 1. The quantitative estimate of drug-likeness (QED) is 0.583. The molecular formula is C25H31N3O3. The summed E-state index contributed by atoms with van der Waals surface area (Å²) in [5, 5.41) is 5.08. The summed E-state index contributed by atoms with van der Waals surface area (Å²) in [5.74, 6) is 0.197. The maximum absolute atomic E-state index is 12.9. The Labute approximate surface area is 183 Å². The molecule has 0 fully saturated rings. The Balaban J connectivity index is 1.88. The SMILES string of the molecule is COc1ccc2cc(-c3ccc(C(C(=O)NCCN(C)C)C(C)C)c(=O)[nH]3)ccc2c1. The normalized spacial score (nSPS) is 12.4. The van der Waals surface area contributed by atoms with Gasteiger partial charge in [0, 0.05) is 24.3 Å². The van der Waals surface area contributed by atoms with Crippen LogP contribution in [0.3, 0.4) is 0 Å². The van der Waals surface area contributed by atoms with Crippen LogP contribution in [0.4, 0.5) is 0 Å². The third-order valence-corrected chi connectivity index (χ3v) is 5.44. The first-order valence-electron chi connectivity index (χ1n) is 10.5. The zero-order valence-electron chi connectivity index (χ0n) is 18.9. The highest BCUT2D eigenvalue weighted by Gasteiger charge is 2.26. The van der Waals surface area contributed by atoms with Crippen molar-refractivity contribution in [3.05, 3.63) is 64.4 Å². The number of pyridine rings is 1. The number of likely N-dealkylation sites (N-methyl/N-ethyl adjacent to an activating group) is 1. The predicted octanol–water partition coefficient (Wildman–Crippen LogP) is 3.62. The van der Waals surface area contributed by atoms with Gasteiger partial charge < -0.3 is 19.9 Å². The van der Waals surface area contributed by atoms with Crippen LogP contribution in [0, 0.1) is 5.92 Å². The Kier molecular flexibility index (Phi) is 7.13. The zero-order chi connectivity index (χ0) is 22.5. The van der Waals surface area contributed by atoms with Crippen molar-refractivity contribution < 1.29 is 9.53 Å². The third kappa shape index (κ3) is 5.33. The molecule has 31 heavy (non-hydrogen) atoms. The lowest BCUT2D eigenvalue weighted by Gasteiger charge is -2.21.